The summed E-state index contributed by atoms with van der Waals surface area (Å²) in [6.07, 6.45) is 1.88. The highest BCUT2D eigenvalue weighted by Crippen LogP contribution is 1.90. The van der Waals surface area contributed by atoms with Crippen LogP contribution in [0.2, 0.25) is 0 Å². The van der Waals surface area contributed by atoms with Crippen molar-refractivity contribution in [1.82, 2.24) is 5.48 Å². The quantitative estimate of drug-likeness (QED) is 0.299. The summed E-state index contributed by atoms with van der Waals surface area (Å²) >= 11 is 4.01. The molecule has 11 heavy (non-hydrogen) atoms. The summed E-state index contributed by atoms with van der Waals surface area (Å²) in [4.78, 5) is 14.7. The van der Waals surface area contributed by atoms with Crippen molar-refractivity contribution in [3.05, 3.63) is 0 Å². The lowest BCUT2D eigenvalue weighted by molar-refractivity contribution is -0.138. The Hall–Kier alpha value is -0.260. The van der Waals surface area contributed by atoms with E-state index in [0.717, 1.165) is 18.6 Å². The lowest BCUT2D eigenvalue weighted by atomic mass is 10.4. The Labute approximate surface area is 71.3 Å². The van der Waals surface area contributed by atoms with Crippen molar-refractivity contribution in [2.24, 2.45) is 0 Å². The Bertz CT molecular complexity index is 110. The molecule has 0 fully saturated rings. The summed E-state index contributed by atoms with van der Waals surface area (Å²) in [6, 6.07) is 0. The van der Waals surface area contributed by atoms with Gasteiger partial charge in [0.05, 0.1) is 6.61 Å². The van der Waals surface area contributed by atoms with E-state index in [9.17, 15) is 4.79 Å². The molecule has 0 aliphatic carbocycles. The SMILES string of the molecule is O=C(O)CNOCCCCS. The summed E-state index contributed by atoms with van der Waals surface area (Å²) in [5, 5.41) is 8.16. The van der Waals surface area contributed by atoms with Gasteiger partial charge in [0.2, 0.25) is 0 Å². The highest BCUT2D eigenvalue weighted by molar-refractivity contribution is 7.80. The van der Waals surface area contributed by atoms with Crippen LogP contribution in [0.4, 0.5) is 0 Å². The lowest BCUT2D eigenvalue weighted by Gasteiger charge is -2.01. The van der Waals surface area contributed by atoms with Crippen LogP contribution >= 0.6 is 12.6 Å². The summed E-state index contributed by atoms with van der Waals surface area (Å²) in [5.74, 6) is -0.0818. The van der Waals surface area contributed by atoms with Gasteiger partial charge in [-0.2, -0.15) is 18.1 Å². The van der Waals surface area contributed by atoms with Gasteiger partial charge in [-0.25, -0.2) is 0 Å². The molecule has 66 valence electrons. The van der Waals surface area contributed by atoms with Gasteiger partial charge in [0.25, 0.3) is 0 Å². The molecule has 0 aliphatic rings. The van der Waals surface area contributed by atoms with Crippen LogP contribution in [-0.4, -0.2) is 30.0 Å². The molecule has 5 heteroatoms. The molecule has 0 rings (SSSR count). The van der Waals surface area contributed by atoms with Crippen LogP contribution < -0.4 is 5.48 Å². The highest BCUT2D eigenvalue weighted by Gasteiger charge is 1.93. The Morgan fingerprint density at radius 3 is 2.82 bits per heavy atom. The maximum atomic E-state index is 9.93. The number of hydroxylamine groups is 1. The zero-order valence-corrected chi connectivity index (χ0v) is 7.14. The third-order valence-electron chi connectivity index (χ3n) is 0.980. The summed E-state index contributed by atoms with van der Waals surface area (Å²) in [5.41, 5.74) is 2.32. The molecule has 0 aromatic rings. The first-order valence-corrected chi connectivity index (χ1v) is 4.08. The molecule has 4 nitrogen and oxygen atoms in total. The van der Waals surface area contributed by atoms with Crippen molar-refractivity contribution in [2.75, 3.05) is 18.9 Å². The first-order chi connectivity index (χ1) is 5.27. The second-order valence-corrected chi connectivity index (χ2v) is 2.44. The number of nitrogens with one attached hydrogen (secondary N) is 1. The van der Waals surface area contributed by atoms with E-state index in [1.165, 1.54) is 0 Å². The standard InChI is InChI=1S/C6H13NO3S/c8-6(9)5-7-10-3-1-2-4-11/h7,11H,1-5H2,(H,8,9). The number of aliphatic carboxylic acids is 1. The minimum absolute atomic E-state index is 0.152. The first kappa shape index (κ1) is 10.7. The van der Waals surface area contributed by atoms with Crippen LogP contribution in [0.3, 0.4) is 0 Å². The fourth-order valence-electron chi connectivity index (χ4n) is 0.471. The van der Waals surface area contributed by atoms with Crippen molar-refractivity contribution >= 4 is 18.6 Å². The fraction of sp³-hybridized carbons (Fsp3) is 0.833. The summed E-state index contributed by atoms with van der Waals surface area (Å²) in [6.45, 7) is 0.384. The van der Waals surface area contributed by atoms with E-state index >= 15 is 0 Å². The molecular weight excluding hydrogens is 166 g/mol. The van der Waals surface area contributed by atoms with Crippen LogP contribution in [0.1, 0.15) is 12.8 Å². The van der Waals surface area contributed by atoms with E-state index < -0.39 is 5.97 Å². The van der Waals surface area contributed by atoms with Gasteiger partial charge >= 0.3 is 5.97 Å². The van der Waals surface area contributed by atoms with Gasteiger partial charge in [-0.05, 0) is 18.6 Å². The van der Waals surface area contributed by atoms with Crippen LogP contribution in [-0.2, 0) is 9.63 Å². The molecule has 0 aromatic carbocycles. The highest BCUT2D eigenvalue weighted by atomic mass is 32.1. The van der Waals surface area contributed by atoms with Crippen molar-refractivity contribution in [1.29, 1.82) is 0 Å². The molecule has 0 saturated heterocycles. The third kappa shape index (κ3) is 9.74. The van der Waals surface area contributed by atoms with Gasteiger partial charge in [-0.3, -0.25) is 4.79 Å². The Kier molecular flexibility index (Phi) is 7.66. The van der Waals surface area contributed by atoms with E-state index in [1.807, 2.05) is 0 Å². The fourth-order valence-corrected chi connectivity index (χ4v) is 0.695. The molecule has 0 amide bonds. The van der Waals surface area contributed by atoms with Gasteiger partial charge in [-0.1, -0.05) is 0 Å². The largest absolute Gasteiger partial charge is 0.480 e. The predicted molar refractivity (Wildman–Crippen MR) is 44.7 cm³/mol. The zero-order chi connectivity index (χ0) is 8.53. The minimum atomic E-state index is -0.917. The molecular formula is C6H13NO3S. The average molecular weight is 179 g/mol. The zero-order valence-electron chi connectivity index (χ0n) is 6.25. The van der Waals surface area contributed by atoms with Gasteiger partial charge in [0, 0.05) is 0 Å². The van der Waals surface area contributed by atoms with Gasteiger partial charge in [-0.15, -0.1) is 0 Å². The first-order valence-electron chi connectivity index (χ1n) is 3.44. The third-order valence-corrected chi connectivity index (χ3v) is 1.30. The Morgan fingerprint density at radius 1 is 1.55 bits per heavy atom. The van der Waals surface area contributed by atoms with Gasteiger partial charge in [0.1, 0.15) is 6.54 Å². The van der Waals surface area contributed by atoms with Crippen LogP contribution in [0, 0.1) is 0 Å². The van der Waals surface area contributed by atoms with Crippen molar-refractivity contribution in [3.63, 3.8) is 0 Å². The second kappa shape index (κ2) is 7.84. The summed E-state index contributed by atoms with van der Waals surface area (Å²) < 4.78 is 0. The summed E-state index contributed by atoms with van der Waals surface area (Å²) in [7, 11) is 0. The number of hydrogen-bond donors (Lipinski definition) is 3. The number of carboxylic acids is 1. The monoisotopic (exact) mass is 179 g/mol. The maximum Gasteiger partial charge on any atom is 0.319 e. The Morgan fingerprint density at radius 2 is 2.27 bits per heavy atom. The predicted octanol–water partition coefficient (Wildman–Crippen LogP) is 0.302. The van der Waals surface area contributed by atoms with Crippen LogP contribution in [0.15, 0.2) is 0 Å². The van der Waals surface area contributed by atoms with E-state index in [-0.39, 0.29) is 6.54 Å². The Balaban J connectivity index is 2.85. The molecule has 0 aromatic heterocycles. The van der Waals surface area contributed by atoms with Crippen molar-refractivity contribution in [3.8, 4) is 0 Å². The number of hydrogen-bond acceptors (Lipinski definition) is 4. The maximum absolute atomic E-state index is 9.93. The van der Waals surface area contributed by atoms with E-state index in [4.69, 9.17) is 9.94 Å². The van der Waals surface area contributed by atoms with Gasteiger partial charge < -0.3 is 9.94 Å². The van der Waals surface area contributed by atoms with Crippen molar-refractivity contribution < 1.29 is 14.7 Å². The molecule has 2 N–H and O–H groups in total. The number of carboxylic acid groups (broad SMARTS) is 1. The molecule has 0 radical (unpaired) electrons. The van der Waals surface area contributed by atoms with E-state index in [2.05, 4.69) is 18.1 Å². The average Bonchev–Trinajstić information content (AvgIpc) is 1.96. The van der Waals surface area contributed by atoms with Crippen molar-refractivity contribution in [2.45, 2.75) is 12.8 Å². The normalized spacial score (nSPS) is 9.91. The molecule has 0 unspecified atom stereocenters. The molecule has 0 atom stereocenters. The minimum Gasteiger partial charge on any atom is -0.480 e. The number of unbranched alkanes of at least 4 members (excludes halogenated alkanes) is 1. The number of thiol groups is 1. The lowest BCUT2D eigenvalue weighted by Crippen LogP contribution is -2.23. The van der Waals surface area contributed by atoms with Crippen LogP contribution in [0.5, 0.6) is 0 Å². The molecule has 0 aliphatic heterocycles. The molecule has 0 saturated carbocycles. The molecule has 0 spiro atoms. The van der Waals surface area contributed by atoms with Gasteiger partial charge in [0.15, 0.2) is 0 Å². The van der Waals surface area contributed by atoms with E-state index in [0.29, 0.717) is 6.61 Å². The molecule has 0 heterocycles. The number of carbonyl (C=O) groups is 1. The smallest absolute Gasteiger partial charge is 0.319 e. The van der Waals surface area contributed by atoms with Crippen LogP contribution in [0.25, 0.3) is 0 Å². The number of rotatable bonds is 7. The second-order valence-electron chi connectivity index (χ2n) is 1.99. The molecule has 0 bridgehead atoms. The van der Waals surface area contributed by atoms with E-state index in [1.54, 1.807) is 0 Å². The topological polar surface area (TPSA) is 58.6 Å².